The average Bonchev–Trinajstić information content (AvgIpc) is 3.07. The number of sulfone groups is 1. The SMILES string of the molecule is CS(=O)(=O)c1ccc(-c2ccc3[nH]c(O)c(-c4ccc5ccccc5n4)c3c2)cc1. The van der Waals surface area contributed by atoms with Gasteiger partial charge in [0.15, 0.2) is 15.7 Å². The average molecular weight is 414 g/mol. The van der Waals surface area contributed by atoms with Gasteiger partial charge in [-0.3, -0.25) is 0 Å². The Kier molecular flexibility index (Phi) is 4.11. The molecular weight excluding hydrogens is 396 g/mol. The van der Waals surface area contributed by atoms with Crippen molar-refractivity contribution in [3.05, 3.63) is 78.9 Å². The number of aromatic nitrogens is 2. The molecule has 0 aliphatic carbocycles. The number of fused-ring (bicyclic) bond motifs is 2. The van der Waals surface area contributed by atoms with Crippen LogP contribution < -0.4 is 0 Å². The number of aromatic hydroxyl groups is 1. The van der Waals surface area contributed by atoms with E-state index >= 15 is 0 Å². The van der Waals surface area contributed by atoms with Gasteiger partial charge in [0, 0.05) is 22.5 Å². The number of nitrogens with one attached hydrogen (secondary N) is 1. The summed E-state index contributed by atoms with van der Waals surface area (Å²) < 4.78 is 23.4. The molecular formula is C24H18N2O3S. The zero-order valence-electron chi connectivity index (χ0n) is 16.1. The molecule has 2 aromatic heterocycles. The predicted octanol–water partition coefficient (Wildman–Crippen LogP) is 5.16. The molecule has 5 nitrogen and oxygen atoms in total. The summed E-state index contributed by atoms with van der Waals surface area (Å²) in [7, 11) is -3.24. The van der Waals surface area contributed by atoms with E-state index in [1.807, 2.05) is 54.6 Å². The largest absolute Gasteiger partial charge is 0.494 e. The van der Waals surface area contributed by atoms with Gasteiger partial charge in [0.1, 0.15) is 0 Å². The molecule has 0 fully saturated rings. The molecule has 0 saturated carbocycles. The lowest BCUT2D eigenvalue weighted by Crippen LogP contribution is -1.96. The second-order valence-corrected chi connectivity index (χ2v) is 9.31. The number of nitrogens with zero attached hydrogens (tertiary/aromatic N) is 1. The maximum atomic E-state index is 11.7. The highest BCUT2D eigenvalue weighted by Gasteiger charge is 2.16. The molecule has 0 unspecified atom stereocenters. The zero-order valence-corrected chi connectivity index (χ0v) is 16.9. The third-order valence-electron chi connectivity index (χ3n) is 5.25. The van der Waals surface area contributed by atoms with Crippen LogP contribution in [0.25, 0.3) is 44.2 Å². The first-order chi connectivity index (χ1) is 14.4. The Hall–Kier alpha value is -3.64. The Bertz CT molecular complexity index is 1520. The lowest BCUT2D eigenvalue weighted by atomic mass is 10.0. The topological polar surface area (TPSA) is 83.0 Å². The van der Waals surface area contributed by atoms with E-state index in [1.54, 1.807) is 24.3 Å². The van der Waals surface area contributed by atoms with Crippen LogP contribution in [0.2, 0.25) is 0 Å². The van der Waals surface area contributed by atoms with Gasteiger partial charge in [-0.25, -0.2) is 13.4 Å². The van der Waals surface area contributed by atoms with Crippen molar-refractivity contribution < 1.29 is 13.5 Å². The van der Waals surface area contributed by atoms with Crippen molar-refractivity contribution in [3.8, 4) is 28.3 Å². The molecule has 5 rings (SSSR count). The molecule has 0 saturated heterocycles. The van der Waals surface area contributed by atoms with Gasteiger partial charge in [-0.15, -0.1) is 0 Å². The van der Waals surface area contributed by atoms with Crippen LogP contribution in [0.4, 0.5) is 0 Å². The maximum Gasteiger partial charge on any atom is 0.199 e. The van der Waals surface area contributed by atoms with Gasteiger partial charge in [-0.2, -0.15) is 0 Å². The van der Waals surface area contributed by atoms with Crippen LogP contribution >= 0.6 is 0 Å². The highest BCUT2D eigenvalue weighted by molar-refractivity contribution is 7.90. The van der Waals surface area contributed by atoms with Gasteiger partial charge < -0.3 is 10.1 Å². The third kappa shape index (κ3) is 3.11. The molecule has 0 amide bonds. The lowest BCUT2D eigenvalue weighted by Gasteiger charge is -2.06. The summed E-state index contributed by atoms with van der Waals surface area (Å²) in [4.78, 5) is 8.03. The molecule has 5 aromatic rings. The van der Waals surface area contributed by atoms with Crippen LogP contribution in [0, 0.1) is 0 Å². The molecule has 0 atom stereocenters. The van der Waals surface area contributed by atoms with E-state index in [0.717, 1.165) is 32.9 Å². The van der Waals surface area contributed by atoms with E-state index in [-0.39, 0.29) is 10.8 Å². The fraction of sp³-hybridized carbons (Fsp3) is 0.0417. The normalized spacial score (nSPS) is 11.9. The van der Waals surface area contributed by atoms with Crippen LogP contribution in [0.15, 0.2) is 83.8 Å². The van der Waals surface area contributed by atoms with Crippen molar-refractivity contribution in [2.75, 3.05) is 6.26 Å². The highest BCUT2D eigenvalue weighted by atomic mass is 32.2. The summed E-state index contributed by atoms with van der Waals surface area (Å²) >= 11 is 0. The van der Waals surface area contributed by atoms with Crippen molar-refractivity contribution in [1.82, 2.24) is 9.97 Å². The van der Waals surface area contributed by atoms with Crippen LogP contribution in [0.3, 0.4) is 0 Å². The van der Waals surface area contributed by atoms with E-state index in [0.29, 0.717) is 11.3 Å². The zero-order chi connectivity index (χ0) is 20.9. The standard InChI is InChI=1S/C24H18N2O3S/c1-30(28,29)18-10-6-15(7-11-18)17-9-12-21-19(14-17)23(24(27)26-21)22-13-8-16-4-2-3-5-20(16)25-22/h2-14,26-27H,1H3. The number of benzene rings is 3. The van der Waals surface area contributed by atoms with Crippen molar-refractivity contribution in [2.24, 2.45) is 0 Å². The molecule has 0 radical (unpaired) electrons. The fourth-order valence-electron chi connectivity index (χ4n) is 3.72. The number of rotatable bonds is 3. The monoisotopic (exact) mass is 414 g/mol. The minimum absolute atomic E-state index is 0.0670. The van der Waals surface area contributed by atoms with Crippen LogP contribution in [0.1, 0.15) is 0 Å². The summed E-state index contributed by atoms with van der Waals surface area (Å²) in [5.74, 6) is 0.0670. The predicted molar refractivity (Wildman–Crippen MR) is 119 cm³/mol. The lowest BCUT2D eigenvalue weighted by molar-refractivity contribution is 0.460. The minimum atomic E-state index is -3.24. The Labute approximate surface area is 173 Å². The van der Waals surface area contributed by atoms with E-state index in [9.17, 15) is 13.5 Å². The smallest absolute Gasteiger partial charge is 0.199 e. The number of aromatic amines is 1. The first-order valence-electron chi connectivity index (χ1n) is 9.41. The first-order valence-corrected chi connectivity index (χ1v) is 11.3. The Morgan fingerprint density at radius 1 is 0.867 bits per heavy atom. The van der Waals surface area contributed by atoms with Crippen LogP contribution in [0.5, 0.6) is 5.88 Å². The summed E-state index contributed by atoms with van der Waals surface area (Å²) in [5.41, 5.74) is 4.80. The van der Waals surface area contributed by atoms with Gasteiger partial charge in [-0.05, 0) is 47.5 Å². The maximum absolute atomic E-state index is 11.7. The van der Waals surface area contributed by atoms with Crippen LogP contribution in [-0.4, -0.2) is 29.7 Å². The molecule has 6 heteroatoms. The number of pyridine rings is 1. The Morgan fingerprint density at radius 2 is 1.60 bits per heavy atom. The number of para-hydroxylation sites is 1. The van der Waals surface area contributed by atoms with Gasteiger partial charge in [0.25, 0.3) is 0 Å². The second-order valence-electron chi connectivity index (χ2n) is 7.29. The molecule has 3 aromatic carbocycles. The Balaban J connectivity index is 1.65. The fourth-order valence-corrected chi connectivity index (χ4v) is 4.35. The summed E-state index contributed by atoms with van der Waals surface area (Å²) in [6.45, 7) is 0. The summed E-state index contributed by atoms with van der Waals surface area (Å²) in [6.07, 6.45) is 1.19. The van der Waals surface area contributed by atoms with E-state index in [1.165, 1.54) is 6.26 Å². The first kappa shape index (κ1) is 18.4. The Morgan fingerprint density at radius 3 is 2.37 bits per heavy atom. The third-order valence-corrected chi connectivity index (χ3v) is 6.38. The molecule has 2 N–H and O–H groups in total. The van der Waals surface area contributed by atoms with Gasteiger partial charge in [-0.1, -0.05) is 42.5 Å². The number of hydrogen-bond donors (Lipinski definition) is 2. The number of H-pyrrole nitrogens is 1. The highest BCUT2D eigenvalue weighted by Crippen LogP contribution is 2.38. The van der Waals surface area contributed by atoms with Crippen molar-refractivity contribution in [3.63, 3.8) is 0 Å². The van der Waals surface area contributed by atoms with Crippen LogP contribution in [-0.2, 0) is 9.84 Å². The van der Waals surface area contributed by atoms with Gasteiger partial charge in [0.2, 0.25) is 0 Å². The quantitative estimate of drug-likeness (QED) is 0.427. The molecule has 30 heavy (non-hydrogen) atoms. The molecule has 0 aliphatic heterocycles. The van der Waals surface area contributed by atoms with E-state index in [2.05, 4.69) is 4.98 Å². The van der Waals surface area contributed by atoms with Gasteiger partial charge >= 0.3 is 0 Å². The molecule has 0 aliphatic rings. The second kappa shape index (κ2) is 6.71. The van der Waals surface area contributed by atoms with Crippen molar-refractivity contribution in [1.29, 1.82) is 0 Å². The van der Waals surface area contributed by atoms with Crippen molar-refractivity contribution >= 4 is 31.6 Å². The minimum Gasteiger partial charge on any atom is -0.494 e. The summed E-state index contributed by atoms with van der Waals surface area (Å²) in [6, 6.07) is 24.3. The molecule has 0 bridgehead atoms. The van der Waals surface area contributed by atoms with Gasteiger partial charge in [0.05, 0.1) is 21.7 Å². The van der Waals surface area contributed by atoms with E-state index < -0.39 is 9.84 Å². The van der Waals surface area contributed by atoms with Crippen molar-refractivity contribution in [2.45, 2.75) is 4.90 Å². The number of hydrogen-bond acceptors (Lipinski definition) is 4. The molecule has 2 heterocycles. The molecule has 148 valence electrons. The molecule has 0 spiro atoms. The summed E-state index contributed by atoms with van der Waals surface area (Å²) in [5, 5.41) is 12.5. The van der Waals surface area contributed by atoms with E-state index in [4.69, 9.17) is 4.98 Å².